The summed E-state index contributed by atoms with van der Waals surface area (Å²) in [7, 11) is 0. The minimum atomic E-state index is -0.306. The van der Waals surface area contributed by atoms with Crippen molar-refractivity contribution in [3.8, 4) is 5.75 Å². The van der Waals surface area contributed by atoms with Crippen LogP contribution in [0.25, 0.3) is 10.8 Å². The molecule has 0 unspecified atom stereocenters. The Morgan fingerprint density at radius 3 is 2.81 bits per heavy atom. The Morgan fingerprint density at radius 2 is 1.95 bits per heavy atom. The molecule has 0 saturated heterocycles. The standard InChI is InChI=1S/C17H16FNO2/c18-17-15-6-2-1-4-13(15)7-8-16(17)21-11-9-19-12-14-5-3-10-20-14/h1-8,10,19H,9,11-12H2. The summed E-state index contributed by atoms with van der Waals surface area (Å²) in [5, 5.41) is 4.63. The second kappa shape index (κ2) is 6.41. The number of hydrogen-bond donors (Lipinski definition) is 1. The van der Waals surface area contributed by atoms with Crippen molar-refractivity contribution in [2.75, 3.05) is 13.2 Å². The summed E-state index contributed by atoms with van der Waals surface area (Å²) in [6.45, 7) is 1.65. The molecule has 0 radical (unpaired) electrons. The summed E-state index contributed by atoms with van der Waals surface area (Å²) in [4.78, 5) is 0. The third-order valence-corrected chi connectivity index (χ3v) is 3.24. The third kappa shape index (κ3) is 3.23. The SMILES string of the molecule is Fc1c(OCCNCc2ccco2)ccc2ccccc12. The van der Waals surface area contributed by atoms with Crippen LogP contribution in [0.3, 0.4) is 0 Å². The van der Waals surface area contributed by atoms with E-state index >= 15 is 0 Å². The first-order valence-corrected chi connectivity index (χ1v) is 6.88. The predicted octanol–water partition coefficient (Wildman–Crippen LogP) is 3.74. The highest BCUT2D eigenvalue weighted by Crippen LogP contribution is 2.25. The molecule has 2 aromatic carbocycles. The average Bonchev–Trinajstić information content (AvgIpc) is 3.03. The molecule has 0 atom stereocenters. The van der Waals surface area contributed by atoms with Gasteiger partial charge in [0.25, 0.3) is 0 Å². The van der Waals surface area contributed by atoms with Crippen LogP contribution < -0.4 is 10.1 Å². The smallest absolute Gasteiger partial charge is 0.172 e. The van der Waals surface area contributed by atoms with E-state index in [1.54, 1.807) is 18.4 Å². The molecule has 0 spiro atoms. The number of nitrogens with one attached hydrogen (secondary N) is 1. The first-order valence-electron chi connectivity index (χ1n) is 6.88. The van der Waals surface area contributed by atoms with Gasteiger partial charge in [0.05, 0.1) is 12.8 Å². The molecule has 4 heteroatoms. The molecule has 3 nitrogen and oxygen atoms in total. The highest BCUT2D eigenvalue weighted by molar-refractivity contribution is 5.84. The van der Waals surface area contributed by atoms with Crippen LogP contribution in [0.2, 0.25) is 0 Å². The lowest BCUT2D eigenvalue weighted by molar-refractivity contribution is 0.297. The van der Waals surface area contributed by atoms with Gasteiger partial charge in [-0.05, 0) is 23.6 Å². The van der Waals surface area contributed by atoms with Crippen molar-refractivity contribution in [2.45, 2.75) is 6.54 Å². The largest absolute Gasteiger partial charge is 0.489 e. The molecule has 0 aliphatic rings. The Bertz CT molecular complexity index is 710. The maximum Gasteiger partial charge on any atom is 0.172 e. The van der Waals surface area contributed by atoms with Gasteiger partial charge in [-0.2, -0.15) is 0 Å². The zero-order valence-electron chi connectivity index (χ0n) is 11.5. The summed E-state index contributed by atoms with van der Waals surface area (Å²) < 4.78 is 24.9. The highest BCUT2D eigenvalue weighted by Gasteiger charge is 2.07. The molecule has 0 bridgehead atoms. The van der Waals surface area contributed by atoms with Crippen molar-refractivity contribution in [2.24, 2.45) is 0 Å². The van der Waals surface area contributed by atoms with Crippen LogP contribution in [-0.4, -0.2) is 13.2 Å². The van der Waals surface area contributed by atoms with Crippen LogP contribution in [0.1, 0.15) is 5.76 Å². The maximum absolute atomic E-state index is 14.2. The Morgan fingerprint density at radius 1 is 1.05 bits per heavy atom. The summed E-state index contributed by atoms with van der Waals surface area (Å²) in [6.07, 6.45) is 1.64. The van der Waals surface area contributed by atoms with Gasteiger partial charge in [0.1, 0.15) is 12.4 Å². The monoisotopic (exact) mass is 285 g/mol. The molecule has 1 heterocycles. The first kappa shape index (κ1) is 13.6. The van der Waals surface area contributed by atoms with Crippen LogP contribution in [0, 0.1) is 5.82 Å². The topological polar surface area (TPSA) is 34.4 Å². The zero-order valence-corrected chi connectivity index (χ0v) is 11.5. The van der Waals surface area contributed by atoms with Crippen molar-refractivity contribution in [1.29, 1.82) is 0 Å². The molecule has 1 N–H and O–H groups in total. The second-order valence-electron chi connectivity index (χ2n) is 4.70. The molecular formula is C17H16FNO2. The number of rotatable bonds is 6. The van der Waals surface area contributed by atoms with Crippen molar-refractivity contribution in [3.63, 3.8) is 0 Å². The number of halogens is 1. The second-order valence-corrected chi connectivity index (χ2v) is 4.70. The fraction of sp³-hybridized carbons (Fsp3) is 0.176. The number of hydrogen-bond acceptors (Lipinski definition) is 3. The lowest BCUT2D eigenvalue weighted by atomic mass is 10.1. The first-order chi connectivity index (χ1) is 10.3. The van der Waals surface area contributed by atoms with Crippen molar-refractivity contribution in [3.05, 3.63) is 66.4 Å². The Labute approximate surface area is 122 Å². The van der Waals surface area contributed by atoms with Gasteiger partial charge in [0, 0.05) is 11.9 Å². The summed E-state index contributed by atoms with van der Waals surface area (Å²) in [5.74, 6) is 0.847. The van der Waals surface area contributed by atoms with E-state index in [9.17, 15) is 4.39 Å². The fourth-order valence-corrected chi connectivity index (χ4v) is 2.18. The van der Waals surface area contributed by atoms with E-state index in [-0.39, 0.29) is 11.6 Å². The van der Waals surface area contributed by atoms with Crippen molar-refractivity contribution < 1.29 is 13.5 Å². The number of fused-ring (bicyclic) bond motifs is 1. The number of benzene rings is 2. The Kier molecular flexibility index (Phi) is 4.17. The third-order valence-electron chi connectivity index (χ3n) is 3.24. The van der Waals surface area contributed by atoms with Gasteiger partial charge in [-0.3, -0.25) is 0 Å². The molecule has 108 valence electrons. The highest BCUT2D eigenvalue weighted by atomic mass is 19.1. The van der Waals surface area contributed by atoms with E-state index < -0.39 is 0 Å². The van der Waals surface area contributed by atoms with E-state index in [0.717, 1.165) is 11.1 Å². The molecule has 1 aromatic heterocycles. The Hall–Kier alpha value is -2.33. The van der Waals surface area contributed by atoms with E-state index in [2.05, 4.69) is 5.32 Å². The summed E-state index contributed by atoms with van der Waals surface area (Å²) in [6, 6.07) is 14.6. The van der Waals surface area contributed by atoms with Crippen molar-refractivity contribution >= 4 is 10.8 Å². The van der Waals surface area contributed by atoms with Crippen LogP contribution in [0.5, 0.6) is 5.75 Å². The van der Waals surface area contributed by atoms with Crippen LogP contribution in [0.4, 0.5) is 4.39 Å². The molecular weight excluding hydrogens is 269 g/mol. The minimum Gasteiger partial charge on any atom is -0.489 e. The van der Waals surface area contributed by atoms with Gasteiger partial charge >= 0.3 is 0 Å². The van der Waals surface area contributed by atoms with Crippen LogP contribution in [-0.2, 0) is 6.54 Å². The van der Waals surface area contributed by atoms with Gasteiger partial charge in [-0.15, -0.1) is 0 Å². The minimum absolute atomic E-state index is 0.286. The van der Waals surface area contributed by atoms with Crippen molar-refractivity contribution in [1.82, 2.24) is 5.32 Å². The molecule has 3 rings (SSSR count). The molecule has 0 saturated carbocycles. The molecule has 0 fully saturated rings. The average molecular weight is 285 g/mol. The van der Waals surface area contributed by atoms with Gasteiger partial charge in [0.2, 0.25) is 0 Å². The summed E-state index contributed by atoms with van der Waals surface area (Å²) in [5.41, 5.74) is 0. The summed E-state index contributed by atoms with van der Waals surface area (Å²) >= 11 is 0. The normalized spacial score (nSPS) is 10.9. The van der Waals surface area contributed by atoms with Crippen LogP contribution >= 0.6 is 0 Å². The van der Waals surface area contributed by atoms with Gasteiger partial charge in [-0.1, -0.05) is 30.3 Å². The molecule has 0 aliphatic carbocycles. The molecule has 21 heavy (non-hydrogen) atoms. The Balaban J connectivity index is 1.54. The molecule has 0 amide bonds. The quantitative estimate of drug-likeness (QED) is 0.701. The molecule has 3 aromatic rings. The lowest BCUT2D eigenvalue weighted by Gasteiger charge is -2.09. The van der Waals surface area contributed by atoms with Gasteiger partial charge in [0.15, 0.2) is 11.6 Å². The van der Waals surface area contributed by atoms with E-state index in [0.29, 0.717) is 25.1 Å². The number of ether oxygens (including phenoxy) is 1. The lowest BCUT2D eigenvalue weighted by Crippen LogP contribution is -2.20. The van der Waals surface area contributed by atoms with Gasteiger partial charge in [-0.25, -0.2) is 4.39 Å². The van der Waals surface area contributed by atoms with E-state index in [1.165, 1.54) is 0 Å². The maximum atomic E-state index is 14.2. The number of furan rings is 1. The predicted molar refractivity (Wildman–Crippen MR) is 79.8 cm³/mol. The molecule has 0 aliphatic heterocycles. The fourth-order valence-electron chi connectivity index (χ4n) is 2.18. The zero-order chi connectivity index (χ0) is 14.5. The van der Waals surface area contributed by atoms with Gasteiger partial charge < -0.3 is 14.5 Å². The van der Waals surface area contributed by atoms with E-state index in [4.69, 9.17) is 9.15 Å². The van der Waals surface area contributed by atoms with Crippen LogP contribution in [0.15, 0.2) is 59.2 Å². The van der Waals surface area contributed by atoms with E-state index in [1.807, 2.05) is 36.4 Å².